The Hall–Kier alpha value is -3.16. The predicted octanol–water partition coefficient (Wildman–Crippen LogP) is 4.61. The van der Waals surface area contributed by atoms with Crippen molar-refractivity contribution in [3.63, 3.8) is 0 Å². The molecule has 9 heteroatoms. The Labute approximate surface area is 195 Å². The summed E-state index contributed by atoms with van der Waals surface area (Å²) >= 11 is 5.92. The molecule has 1 saturated heterocycles. The summed E-state index contributed by atoms with van der Waals surface area (Å²) in [6, 6.07) is 11.1. The van der Waals surface area contributed by atoms with Gasteiger partial charge in [0.05, 0.1) is 17.9 Å². The van der Waals surface area contributed by atoms with Gasteiger partial charge >= 0.3 is 0 Å². The lowest BCUT2D eigenvalue weighted by atomic mass is 9.95. The minimum Gasteiger partial charge on any atom is -0.507 e. The summed E-state index contributed by atoms with van der Waals surface area (Å²) in [6.07, 6.45) is 5.72. The highest BCUT2D eigenvalue weighted by molar-refractivity contribution is 6.46. The zero-order valence-electron chi connectivity index (χ0n) is 16.8. The van der Waals surface area contributed by atoms with Crippen molar-refractivity contribution in [3.05, 3.63) is 94.8 Å². The third kappa shape index (κ3) is 4.69. The van der Waals surface area contributed by atoms with E-state index < -0.39 is 23.5 Å². The van der Waals surface area contributed by atoms with Gasteiger partial charge < -0.3 is 14.6 Å². The number of hydrogen-bond donors (Lipinski definition) is 1. The molecule has 1 fully saturated rings. The van der Waals surface area contributed by atoms with Crippen LogP contribution in [0, 0.1) is 5.82 Å². The van der Waals surface area contributed by atoms with Crippen LogP contribution in [0.2, 0.25) is 5.02 Å². The summed E-state index contributed by atoms with van der Waals surface area (Å²) in [4.78, 5) is 31.2. The largest absolute Gasteiger partial charge is 0.507 e. The molecular weight excluding hydrogens is 456 g/mol. The second kappa shape index (κ2) is 9.97. The van der Waals surface area contributed by atoms with Crippen molar-refractivity contribution in [2.24, 2.45) is 0 Å². The highest BCUT2D eigenvalue weighted by atomic mass is 35.5. The van der Waals surface area contributed by atoms with E-state index in [9.17, 15) is 19.1 Å². The molecule has 2 heterocycles. The quantitative estimate of drug-likeness (QED) is 0.320. The molecule has 0 spiro atoms. The highest BCUT2D eigenvalue weighted by Gasteiger charge is 2.45. The van der Waals surface area contributed by atoms with Crippen molar-refractivity contribution < 1.29 is 19.1 Å². The topological polar surface area (TPSA) is 75.4 Å². The van der Waals surface area contributed by atoms with Gasteiger partial charge in [-0.2, -0.15) is 0 Å². The number of imidazole rings is 1. The van der Waals surface area contributed by atoms with Crippen LogP contribution in [0.15, 0.2) is 72.8 Å². The lowest BCUT2D eigenvalue weighted by Crippen LogP contribution is -2.31. The molecule has 1 amide bonds. The molecule has 2 aromatic carbocycles. The number of carbonyl (C=O) groups is 2. The molecule has 1 N–H and O–H groups in total. The molecule has 1 aromatic heterocycles. The number of aryl methyl sites for hydroxylation is 1. The average molecular weight is 476 g/mol. The van der Waals surface area contributed by atoms with Gasteiger partial charge in [-0.25, -0.2) is 9.37 Å². The van der Waals surface area contributed by atoms with Crippen molar-refractivity contribution in [2.75, 3.05) is 6.54 Å². The molecular formula is C23H20Cl2FN3O3. The Morgan fingerprint density at radius 3 is 2.38 bits per heavy atom. The Balaban J connectivity index is 0.00000289. The number of rotatable bonds is 6. The molecule has 1 unspecified atom stereocenters. The van der Waals surface area contributed by atoms with Crippen molar-refractivity contribution in [3.8, 4) is 0 Å². The Kier molecular flexibility index (Phi) is 7.33. The van der Waals surface area contributed by atoms with Crippen molar-refractivity contribution in [2.45, 2.75) is 19.0 Å². The molecule has 3 aromatic rings. The number of carbonyl (C=O) groups excluding carboxylic acids is 2. The van der Waals surface area contributed by atoms with Crippen LogP contribution in [0.5, 0.6) is 0 Å². The number of hydrogen-bond acceptors (Lipinski definition) is 4. The molecule has 1 aliphatic rings. The molecule has 6 nitrogen and oxygen atoms in total. The van der Waals surface area contributed by atoms with E-state index in [0.717, 1.165) is 0 Å². The van der Waals surface area contributed by atoms with Crippen LogP contribution < -0.4 is 0 Å². The van der Waals surface area contributed by atoms with Gasteiger partial charge in [0.1, 0.15) is 11.6 Å². The Morgan fingerprint density at radius 2 is 1.75 bits per heavy atom. The van der Waals surface area contributed by atoms with Crippen molar-refractivity contribution in [1.29, 1.82) is 0 Å². The number of ketones is 1. The van der Waals surface area contributed by atoms with Gasteiger partial charge in [-0.3, -0.25) is 9.59 Å². The number of aromatic nitrogens is 2. The monoisotopic (exact) mass is 475 g/mol. The van der Waals surface area contributed by atoms with E-state index in [1.165, 1.54) is 29.2 Å². The van der Waals surface area contributed by atoms with E-state index in [4.69, 9.17) is 11.6 Å². The lowest BCUT2D eigenvalue weighted by Gasteiger charge is -2.25. The first-order chi connectivity index (χ1) is 15.0. The minimum absolute atomic E-state index is 0. The van der Waals surface area contributed by atoms with E-state index >= 15 is 0 Å². The number of likely N-dealkylation sites (tertiary alicyclic amines) is 1. The first-order valence-corrected chi connectivity index (χ1v) is 10.1. The predicted molar refractivity (Wildman–Crippen MR) is 121 cm³/mol. The van der Waals surface area contributed by atoms with Crippen molar-refractivity contribution in [1.82, 2.24) is 14.5 Å². The number of amides is 1. The first kappa shape index (κ1) is 23.5. The number of aliphatic hydroxyl groups is 1. The fraction of sp³-hybridized carbons (Fsp3) is 0.174. The van der Waals surface area contributed by atoms with Crippen molar-refractivity contribution >= 4 is 41.5 Å². The SMILES string of the molecule is Cl.O=C1C(=O)N(CCCn2ccnc2)C(c2ccc(F)cc2)C1=C(O)c1ccc(Cl)cc1. The van der Waals surface area contributed by atoms with Gasteiger partial charge in [0.2, 0.25) is 0 Å². The third-order valence-electron chi connectivity index (χ3n) is 5.22. The standard InChI is InChI=1S/C23H19ClFN3O3.ClH/c24-17-6-2-16(3-7-17)21(29)19-20(15-4-8-18(25)9-5-15)28(23(31)22(19)30)12-1-11-27-13-10-26-14-27;/h2-10,13-14,20,29H,1,11-12H2;1H. The van der Waals surface area contributed by atoms with Gasteiger partial charge in [0, 0.05) is 36.1 Å². The maximum atomic E-state index is 13.5. The summed E-state index contributed by atoms with van der Waals surface area (Å²) < 4.78 is 15.4. The van der Waals surface area contributed by atoms with Crippen LogP contribution >= 0.6 is 24.0 Å². The molecule has 4 rings (SSSR count). The van der Waals surface area contributed by atoms with Crippen LogP contribution in [-0.4, -0.2) is 37.8 Å². The van der Waals surface area contributed by atoms with Gasteiger partial charge in [0.15, 0.2) is 0 Å². The lowest BCUT2D eigenvalue weighted by molar-refractivity contribution is -0.139. The number of nitrogens with zero attached hydrogens (tertiary/aromatic N) is 3. The number of benzene rings is 2. The van der Waals surface area contributed by atoms with E-state index in [1.807, 2.05) is 10.8 Å². The molecule has 0 bridgehead atoms. The second-order valence-electron chi connectivity index (χ2n) is 7.20. The van der Waals surface area contributed by atoms with E-state index in [-0.39, 0.29) is 30.3 Å². The zero-order chi connectivity index (χ0) is 22.0. The number of halogens is 3. The molecule has 0 aliphatic carbocycles. The van der Waals surface area contributed by atoms with E-state index in [2.05, 4.69) is 4.98 Å². The van der Waals surface area contributed by atoms with Crippen LogP contribution in [0.4, 0.5) is 4.39 Å². The van der Waals surface area contributed by atoms with Crippen LogP contribution in [-0.2, 0) is 16.1 Å². The summed E-state index contributed by atoms with van der Waals surface area (Å²) in [6.45, 7) is 0.887. The molecule has 32 heavy (non-hydrogen) atoms. The zero-order valence-corrected chi connectivity index (χ0v) is 18.4. The Morgan fingerprint density at radius 1 is 1.06 bits per heavy atom. The highest BCUT2D eigenvalue weighted by Crippen LogP contribution is 2.39. The van der Waals surface area contributed by atoms with Crippen LogP contribution in [0.3, 0.4) is 0 Å². The fourth-order valence-electron chi connectivity index (χ4n) is 3.71. The summed E-state index contributed by atoms with van der Waals surface area (Å²) in [7, 11) is 0. The smallest absolute Gasteiger partial charge is 0.295 e. The van der Waals surface area contributed by atoms with Gasteiger partial charge in [0.25, 0.3) is 11.7 Å². The first-order valence-electron chi connectivity index (χ1n) is 9.71. The maximum Gasteiger partial charge on any atom is 0.295 e. The second-order valence-corrected chi connectivity index (χ2v) is 7.64. The minimum atomic E-state index is -0.820. The van der Waals surface area contributed by atoms with Gasteiger partial charge in [-0.15, -0.1) is 12.4 Å². The molecule has 1 atom stereocenters. The summed E-state index contributed by atoms with van der Waals surface area (Å²) in [5.41, 5.74) is 0.883. The van der Waals surface area contributed by atoms with Gasteiger partial charge in [-0.05, 0) is 48.4 Å². The van der Waals surface area contributed by atoms with Crippen LogP contribution in [0.25, 0.3) is 5.76 Å². The molecule has 166 valence electrons. The number of aliphatic hydroxyl groups excluding tert-OH is 1. The molecule has 0 radical (unpaired) electrons. The average Bonchev–Trinajstić information content (AvgIpc) is 3.37. The van der Waals surface area contributed by atoms with E-state index in [0.29, 0.717) is 29.1 Å². The normalized spacial score (nSPS) is 17.4. The third-order valence-corrected chi connectivity index (χ3v) is 5.47. The van der Waals surface area contributed by atoms with Crippen LogP contribution in [0.1, 0.15) is 23.6 Å². The number of Topliss-reactive ketones (excluding diaryl/α,β-unsaturated/α-hetero) is 1. The fourth-order valence-corrected chi connectivity index (χ4v) is 3.83. The van der Waals surface area contributed by atoms with Gasteiger partial charge in [-0.1, -0.05) is 23.7 Å². The maximum absolute atomic E-state index is 13.5. The molecule has 1 aliphatic heterocycles. The summed E-state index contributed by atoms with van der Waals surface area (Å²) in [5.74, 6) is -2.19. The molecule has 0 saturated carbocycles. The summed E-state index contributed by atoms with van der Waals surface area (Å²) in [5, 5.41) is 11.4. The Bertz CT molecular complexity index is 1130. The van der Waals surface area contributed by atoms with E-state index in [1.54, 1.807) is 36.8 Å².